The average Bonchev–Trinajstić information content (AvgIpc) is 2.42. The standard InChI is InChI=1S/C15H26ClN3O/c1-6-12(7-2)19(8-9-20-5)15-13(11(3)4)14(16)17-10-18-15/h10-12H,6-9H2,1-5H3. The van der Waals surface area contributed by atoms with Crippen molar-refractivity contribution in [3.8, 4) is 0 Å². The molecule has 0 amide bonds. The smallest absolute Gasteiger partial charge is 0.138 e. The first-order valence-electron chi connectivity index (χ1n) is 7.32. The van der Waals surface area contributed by atoms with Crippen LogP contribution in [0.1, 0.15) is 52.0 Å². The normalized spacial score (nSPS) is 11.4. The molecule has 0 saturated carbocycles. The SMILES string of the molecule is CCC(CC)N(CCOC)c1ncnc(Cl)c1C(C)C. The molecule has 0 aliphatic carbocycles. The summed E-state index contributed by atoms with van der Waals surface area (Å²) >= 11 is 6.28. The molecule has 5 heteroatoms. The van der Waals surface area contributed by atoms with E-state index in [-0.39, 0.29) is 5.92 Å². The fourth-order valence-corrected chi connectivity index (χ4v) is 2.82. The third kappa shape index (κ3) is 4.06. The molecule has 0 fully saturated rings. The Hall–Kier alpha value is -0.870. The van der Waals surface area contributed by atoms with Crippen LogP contribution in [0.15, 0.2) is 6.33 Å². The highest BCUT2D eigenvalue weighted by Crippen LogP contribution is 2.32. The molecule has 0 saturated heterocycles. The Bertz CT molecular complexity index is 408. The van der Waals surface area contributed by atoms with Crippen molar-refractivity contribution >= 4 is 17.4 Å². The van der Waals surface area contributed by atoms with E-state index >= 15 is 0 Å². The van der Waals surface area contributed by atoms with Crippen molar-refractivity contribution in [1.29, 1.82) is 0 Å². The Morgan fingerprint density at radius 2 is 1.90 bits per heavy atom. The predicted octanol–water partition coefficient (Wildman–Crippen LogP) is 3.89. The average molecular weight is 300 g/mol. The highest BCUT2D eigenvalue weighted by molar-refractivity contribution is 6.30. The van der Waals surface area contributed by atoms with E-state index in [2.05, 4.69) is 42.6 Å². The number of anilines is 1. The van der Waals surface area contributed by atoms with Crippen LogP contribution in [-0.2, 0) is 4.74 Å². The van der Waals surface area contributed by atoms with E-state index < -0.39 is 0 Å². The van der Waals surface area contributed by atoms with Crippen molar-refractivity contribution < 1.29 is 4.74 Å². The van der Waals surface area contributed by atoms with Crippen LogP contribution in [0.2, 0.25) is 5.15 Å². The molecule has 0 spiro atoms. The van der Waals surface area contributed by atoms with Crippen LogP contribution >= 0.6 is 11.6 Å². The minimum absolute atomic E-state index is 0.290. The number of halogens is 1. The van der Waals surface area contributed by atoms with E-state index in [1.807, 2.05) is 0 Å². The Labute approximate surface area is 127 Å². The zero-order chi connectivity index (χ0) is 15.1. The molecule has 0 N–H and O–H groups in total. The van der Waals surface area contributed by atoms with Gasteiger partial charge in [-0.2, -0.15) is 0 Å². The summed E-state index contributed by atoms with van der Waals surface area (Å²) < 4.78 is 5.25. The van der Waals surface area contributed by atoms with Crippen molar-refractivity contribution in [2.75, 3.05) is 25.2 Å². The lowest BCUT2D eigenvalue weighted by molar-refractivity contribution is 0.202. The van der Waals surface area contributed by atoms with Gasteiger partial charge in [0.2, 0.25) is 0 Å². The lowest BCUT2D eigenvalue weighted by Gasteiger charge is -2.33. The topological polar surface area (TPSA) is 38.2 Å². The summed E-state index contributed by atoms with van der Waals surface area (Å²) in [4.78, 5) is 10.9. The Balaban J connectivity index is 3.22. The Kier molecular flexibility index (Phi) is 7.24. The summed E-state index contributed by atoms with van der Waals surface area (Å²) in [6.45, 7) is 10.1. The van der Waals surface area contributed by atoms with Crippen LogP contribution in [-0.4, -0.2) is 36.3 Å². The number of ether oxygens (including phenoxy) is 1. The van der Waals surface area contributed by atoms with Gasteiger partial charge in [0.05, 0.1) is 6.61 Å². The molecule has 0 bridgehead atoms. The second kappa shape index (κ2) is 8.42. The highest BCUT2D eigenvalue weighted by Gasteiger charge is 2.23. The molecule has 20 heavy (non-hydrogen) atoms. The third-order valence-corrected chi connectivity index (χ3v) is 3.88. The van der Waals surface area contributed by atoms with Gasteiger partial charge in [-0.05, 0) is 18.8 Å². The number of hydrogen-bond donors (Lipinski definition) is 0. The monoisotopic (exact) mass is 299 g/mol. The fraction of sp³-hybridized carbons (Fsp3) is 0.733. The van der Waals surface area contributed by atoms with Gasteiger partial charge in [0, 0.05) is 25.3 Å². The first-order chi connectivity index (χ1) is 9.56. The van der Waals surface area contributed by atoms with Gasteiger partial charge in [-0.3, -0.25) is 0 Å². The lowest BCUT2D eigenvalue weighted by Crippen LogP contribution is -2.38. The molecule has 1 heterocycles. The first kappa shape index (κ1) is 17.2. The maximum atomic E-state index is 6.28. The second-order valence-electron chi connectivity index (χ2n) is 5.21. The summed E-state index contributed by atoms with van der Waals surface area (Å²) in [5, 5.41) is 0.554. The van der Waals surface area contributed by atoms with Crippen molar-refractivity contribution in [3.05, 3.63) is 17.0 Å². The molecule has 0 aliphatic rings. The fourth-order valence-electron chi connectivity index (χ4n) is 2.47. The maximum Gasteiger partial charge on any atom is 0.138 e. The third-order valence-electron chi connectivity index (χ3n) is 3.58. The molecule has 114 valence electrons. The summed E-state index contributed by atoms with van der Waals surface area (Å²) in [5.41, 5.74) is 1.03. The minimum atomic E-state index is 0.290. The van der Waals surface area contributed by atoms with Gasteiger partial charge in [0.25, 0.3) is 0 Å². The molecule has 0 radical (unpaired) electrons. The van der Waals surface area contributed by atoms with Crippen LogP contribution in [0.25, 0.3) is 0 Å². The summed E-state index contributed by atoms with van der Waals surface area (Å²) in [5.74, 6) is 1.24. The zero-order valence-corrected chi connectivity index (χ0v) is 13.9. The van der Waals surface area contributed by atoms with Crippen LogP contribution in [0.4, 0.5) is 5.82 Å². The molecular formula is C15H26ClN3O. The molecular weight excluding hydrogens is 274 g/mol. The lowest BCUT2D eigenvalue weighted by atomic mass is 10.0. The summed E-state index contributed by atoms with van der Waals surface area (Å²) in [6, 6.07) is 0.439. The van der Waals surface area contributed by atoms with Gasteiger partial charge in [0.1, 0.15) is 17.3 Å². The van der Waals surface area contributed by atoms with Gasteiger partial charge < -0.3 is 9.64 Å². The number of methoxy groups -OCH3 is 1. The Morgan fingerprint density at radius 3 is 2.40 bits per heavy atom. The van der Waals surface area contributed by atoms with Gasteiger partial charge in [0.15, 0.2) is 0 Å². The molecule has 0 unspecified atom stereocenters. The number of hydrogen-bond acceptors (Lipinski definition) is 4. The maximum absolute atomic E-state index is 6.28. The van der Waals surface area contributed by atoms with Crippen LogP contribution in [0, 0.1) is 0 Å². The molecule has 4 nitrogen and oxygen atoms in total. The number of aromatic nitrogens is 2. The van der Waals surface area contributed by atoms with Gasteiger partial charge in [-0.15, -0.1) is 0 Å². The highest BCUT2D eigenvalue weighted by atomic mass is 35.5. The number of nitrogens with zero attached hydrogens (tertiary/aromatic N) is 3. The van der Waals surface area contributed by atoms with Crippen molar-refractivity contribution in [2.24, 2.45) is 0 Å². The predicted molar refractivity (Wildman–Crippen MR) is 84.7 cm³/mol. The molecule has 0 atom stereocenters. The zero-order valence-electron chi connectivity index (χ0n) is 13.2. The van der Waals surface area contributed by atoms with Crippen LogP contribution in [0.3, 0.4) is 0 Å². The molecule has 1 rings (SSSR count). The molecule has 0 aromatic carbocycles. The second-order valence-corrected chi connectivity index (χ2v) is 5.57. The minimum Gasteiger partial charge on any atom is -0.383 e. The summed E-state index contributed by atoms with van der Waals surface area (Å²) in [7, 11) is 1.72. The Morgan fingerprint density at radius 1 is 1.25 bits per heavy atom. The van der Waals surface area contributed by atoms with Gasteiger partial charge in [-0.1, -0.05) is 39.3 Å². The van der Waals surface area contributed by atoms with E-state index in [0.29, 0.717) is 17.8 Å². The first-order valence-corrected chi connectivity index (χ1v) is 7.70. The molecule has 0 aliphatic heterocycles. The quantitative estimate of drug-likeness (QED) is 0.683. The van der Waals surface area contributed by atoms with E-state index in [1.165, 1.54) is 0 Å². The van der Waals surface area contributed by atoms with E-state index in [9.17, 15) is 0 Å². The van der Waals surface area contributed by atoms with E-state index in [1.54, 1.807) is 13.4 Å². The van der Waals surface area contributed by atoms with Gasteiger partial charge in [-0.25, -0.2) is 9.97 Å². The van der Waals surface area contributed by atoms with E-state index in [0.717, 1.165) is 30.8 Å². The van der Waals surface area contributed by atoms with E-state index in [4.69, 9.17) is 16.3 Å². The van der Waals surface area contributed by atoms with Gasteiger partial charge >= 0.3 is 0 Å². The van der Waals surface area contributed by atoms with Crippen LogP contribution < -0.4 is 4.90 Å². The molecule has 1 aromatic heterocycles. The molecule has 1 aromatic rings. The number of rotatable bonds is 8. The summed E-state index contributed by atoms with van der Waals surface area (Å²) in [6.07, 6.45) is 3.68. The van der Waals surface area contributed by atoms with Crippen molar-refractivity contribution in [2.45, 2.75) is 52.5 Å². The largest absolute Gasteiger partial charge is 0.383 e. The van der Waals surface area contributed by atoms with Crippen molar-refractivity contribution in [1.82, 2.24) is 9.97 Å². The van der Waals surface area contributed by atoms with Crippen LogP contribution in [0.5, 0.6) is 0 Å². The van der Waals surface area contributed by atoms with Crippen molar-refractivity contribution in [3.63, 3.8) is 0 Å².